The molecule has 1 nitrogen and oxygen atoms in total. The molecule has 3 aromatic rings. The van der Waals surface area contributed by atoms with E-state index in [4.69, 9.17) is 5.73 Å². The van der Waals surface area contributed by atoms with Gasteiger partial charge in [-0.15, -0.1) is 0 Å². The van der Waals surface area contributed by atoms with E-state index in [1.54, 1.807) is 0 Å². The Morgan fingerprint density at radius 3 is 1.45 bits per heavy atom. The van der Waals surface area contributed by atoms with Crippen molar-refractivity contribution >= 4 is 29.5 Å². The highest BCUT2D eigenvalue weighted by atomic mass is 31.1. The molecule has 0 aliphatic carbocycles. The summed E-state index contributed by atoms with van der Waals surface area (Å²) in [6, 6.07) is 29.4. The first-order valence-corrected chi connectivity index (χ1v) is 8.95. The molecule has 0 fully saturated rings. The van der Waals surface area contributed by atoms with Crippen molar-refractivity contribution in [3.8, 4) is 0 Å². The molecule has 0 unspecified atom stereocenters. The minimum absolute atomic E-state index is 0.592. The van der Waals surface area contributed by atoms with Gasteiger partial charge in [-0.2, -0.15) is 0 Å². The van der Waals surface area contributed by atoms with Gasteiger partial charge in [0.05, 0.1) is 0 Å². The monoisotopic (exact) mass is 307 g/mol. The van der Waals surface area contributed by atoms with Crippen molar-refractivity contribution in [2.45, 2.75) is 13.8 Å². The van der Waals surface area contributed by atoms with Crippen molar-refractivity contribution in [3.63, 3.8) is 0 Å². The van der Waals surface area contributed by atoms with E-state index < -0.39 is 7.92 Å². The molecule has 0 spiro atoms. The van der Waals surface area contributed by atoms with Crippen LogP contribution >= 0.6 is 7.92 Å². The van der Waals surface area contributed by atoms with Crippen LogP contribution in [-0.2, 0) is 0 Å². The topological polar surface area (TPSA) is 26.0 Å². The Bertz CT molecular complexity index is 641. The van der Waals surface area contributed by atoms with Crippen molar-refractivity contribution < 1.29 is 0 Å². The molecule has 2 heteroatoms. The van der Waals surface area contributed by atoms with E-state index in [1.807, 2.05) is 26.0 Å². The molecular formula is C20H22NP. The summed E-state index contributed by atoms with van der Waals surface area (Å²) in [5.74, 6) is 0. The van der Waals surface area contributed by atoms with E-state index in [0.29, 0.717) is 0 Å². The molecule has 0 aromatic heterocycles. The summed E-state index contributed by atoms with van der Waals surface area (Å²) in [4.78, 5) is 0. The van der Waals surface area contributed by atoms with Crippen LogP contribution < -0.4 is 21.6 Å². The molecule has 0 amide bonds. The van der Waals surface area contributed by atoms with E-state index in [9.17, 15) is 0 Å². The van der Waals surface area contributed by atoms with Gasteiger partial charge in [0.15, 0.2) is 0 Å². The van der Waals surface area contributed by atoms with Crippen molar-refractivity contribution in [1.82, 2.24) is 0 Å². The van der Waals surface area contributed by atoms with Gasteiger partial charge < -0.3 is 5.73 Å². The van der Waals surface area contributed by atoms with E-state index in [-0.39, 0.29) is 0 Å². The second-order valence-corrected chi connectivity index (χ2v) is 6.75. The molecule has 0 saturated heterocycles. The lowest BCUT2D eigenvalue weighted by Crippen LogP contribution is -2.22. The maximum atomic E-state index is 6.21. The van der Waals surface area contributed by atoms with Gasteiger partial charge in [0.25, 0.3) is 0 Å². The van der Waals surface area contributed by atoms with Gasteiger partial charge >= 0.3 is 0 Å². The Morgan fingerprint density at radius 1 is 0.591 bits per heavy atom. The van der Waals surface area contributed by atoms with Crippen molar-refractivity contribution in [3.05, 3.63) is 84.9 Å². The van der Waals surface area contributed by atoms with Gasteiger partial charge in [0.1, 0.15) is 0 Å². The molecule has 2 N–H and O–H groups in total. The Kier molecular flexibility index (Phi) is 6.18. The molecule has 3 rings (SSSR count). The Labute approximate surface area is 134 Å². The molecular weight excluding hydrogens is 285 g/mol. The third-order valence-electron chi connectivity index (χ3n) is 3.21. The molecule has 0 saturated carbocycles. The molecule has 3 aromatic carbocycles. The fourth-order valence-electron chi connectivity index (χ4n) is 2.27. The normalized spacial score (nSPS) is 9.95. The highest BCUT2D eigenvalue weighted by Gasteiger charge is 2.17. The number of nitrogens with two attached hydrogens (primary N) is 1. The number of para-hydroxylation sites is 1. The lowest BCUT2D eigenvalue weighted by Gasteiger charge is -2.20. The minimum Gasteiger partial charge on any atom is -0.398 e. The molecule has 0 aliphatic rings. The molecule has 0 atom stereocenters. The van der Waals surface area contributed by atoms with E-state index in [0.717, 1.165) is 5.69 Å². The maximum Gasteiger partial charge on any atom is 0.0398 e. The van der Waals surface area contributed by atoms with Crippen LogP contribution in [0.2, 0.25) is 0 Å². The average molecular weight is 307 g/mol. The molecule has 112 valence electrons. The molecule has 22 heavy (non-hydrogen) atoms. The Hall–Kier alpha value is -2.11. The van der Waals surface area contributed by atoms with Gasteiger partial charge in [-0.25, -0.2) is 0 Å². The van der Waals surface area contributed by atoms with E-state index >= 15 is 0 Å². The van der Waals surface area contributed by atoms with Crippen molar-refractivity contribution in [1.29, 1.82) is 0 Å². The van der Waals surface area contributed by atoms with Crippen LogP contribution in [0.15, 0.2) is 84.9 Å². The zero-order valence-corrected chi connectivity index (χ0v) is 14.0. The minimum atomic E-state index is -0.592. The zero-order chi connectivity index (χ0) is 15.8. The second kappa shape index (κ2) is 8.36. The highest BCUT2D eigenvalue weighted by Crippen LogP contribution is 2.34. The standard InChI is InChI=1S/C18H16NP.C2H6/c19-17-13-7-8-14-18(17)20(15-9-3-1-4-10-15)16-11-5-2-6-12-16;1-2/h1-14H,19H2;1-2H3. The maximum absolute atomic E-state index is 6.21. The van der Waals surface area contributed by atoms with Crippen LogP contribution in [0, 0.1) is 0 Å². The van der Waals surface area contributed by atoms with Gasteiger partial charge in [0.2, 0.25) is 0 Å². The zero-order valence-electron chi connectivity index (χ0n) is 13.1. The predicted octanol–water partition coefficient (Wildman–Crippen LogP) is 4.05. The summed E-state index contributed by atoms with van der Waals surface area (Å²) in [6.45, 7) is 4.00. The smallest absolute Gasteiger partial charge is 0.0398 e. The quantitative estimate of drug-likeness (QED) is 0.573. The van der Waals surface area contributed by atoms with Crippen LogP contribution in [0.5, 0.6) is 0 Å². The fourth-order valence-corrected chi connectivity index (χ4v) is 4.64. The van der Waals surface area contributed by atoms with Crippen LogP contribution in [0.3, 0.4) is 0 Å². The third-order valence-corrected chi connectivity index (χ3v) is 5.72. The third kappa shape index (κ3) is 3.75. The van der Waals surface area contributed by atoms with Crippen molar-refractivity contribution in [2.24, 2.45) is 0 Å². The van der Waals surface area contributed by atoms with Crippen LogP contribution in [-0.4, -0.2) is 0 Å². The van der Waals surface area contributed by atoms with E-state index in [2.05, 4.69) is 72.8 Å². The predicted molar refractivity (Wildman–Crippen MR) is 101 cm³/mol. The molecule has 0 aliphatic heterocycles. The summed E-state index contributed by atoms with van der Waals surface area (Å²) in [7, 11) is -0.592. The first kappa shape index (κ1) is 16.3. The number of anilines is 1. The summed E-state index contributed by atoms with van der Waals surface area (Å²) < 4.78 is 0. The van der Waals surface area contributed by atoms with Gasteiger partial charge in [-0.1, -0.05) is 92.7 Å². The lowest BCUT2D eigenvalue weighted by atomic mass is 10.3. The molecule has 0 heterocycles. The van der Waals surface area contributed by atoms with E-state index in [1.165, 1.54) is 15.9 Å². The highest BCUT2D eigenvalue weighted by molar-refractivity contribution is 7.80. The number of nitrogen functional groups attached to an aromatic ring is 1. The van der Waals surface area contributed by atoms with Crippen LogP contribution in [0.1, 0.15) is 13.8 Å². The van der Waals surface area contributed by atoms with Crippen LogP contribution in [0.4, 0.5) is 5.69 Å². The first-order valence-electron chi connectivity index (χ1n) is 7.61. The summed E-state index contributed by atoms with van der Waals surface area (Å²) in [5, 5.41) is 3.87. The Balaban J connectivity index is 0.000000847. The number of benzene rings is 3. The molecule has 0 bridgehead atoms. The number of hydrogen-bond acceptors (Lipinski definition) is 1. The lowest BCUT2D eigenvalue weighted by molar-refractivity contribution is 1.50. The van der Waals surface area contributed by atoms with Crippen molar-refractivity contribution in [2.75, 3.05) is 5.73 Å². The number of rotatable bonds is 3. The largest absolute Gasteiger partial charge is 0.398 e. The van der Waals surface area contributed by atoms with Gasteiger partial charge in [0, 0.05) is 11.0 Å². The Morgan fingerprint density at radius 2 is 1.00 bits per heavy atom. The summed E-state index contributed by atoms with van der Waals surface area (Å²) in [6.07, 6.45) is 0. The summed E-state index contributed by atoms with van der Waals surface area (Å²) >= 11 is 0. The average Bonchev–Trinajstić information content (AvgIpc) is 2.61. The van der Waals surface area contributed by atoms with Gasteiger partial charge in [-0.05, 0) is 24.6 Å². The van der Waals surface area contributed by atoms with Gasteiger partial charge in [-0.3, -0.25) is 0 Å². The summed E-state index contributed by atoms with van der Waals surface area (Å²) in [5.41, 5.74) is 7.08. The SMILES string of the molecule is CC.Nc1ccccc1P(c1ccccc1)c1ccccc1. The second-order valence-electron chi connectivity index (χ2n) is 4.57. The fraction of sp³-hybridized carbons (Fsp3) is 0.100. The number of hydrogen-bond donors (Lipinski definition) is 1. The molecule has 0 radical (unpaired) electrons. The van der Waals surface area contributed by atoms with Crippen LogP contribution in [0.25, 0.3) is 0 Å². The first-order chi connectivity index (χ1) is 10.9.